The highest BCUT2D eigenvalue weighted by molar-refractivity contribution is 5.75. The summed E-state index contributed by atoms with van der Waals surface area (Å²) in [7, 11) is 0. The number of aliphatic carboxylic acids is 1. The van der Waals surface area contributed by atoms with E-state index in [0.29, 0.717) is 12.4 Å². The number of carboxylic acid groups (broad SMARTS) is 1. The molecule has 0 aromatic heterocycles. The summed E-state index contributed by atoms with van der Waals surface area (Å²) < 4.78 is 10.7. The molecule has 0 bridgehead atoms. The largest absolute Gasteiger partial charge is 0.489 e. The Balaban J connectivity index is 2.01. The fourth-order valence-electron chi connectivity index (χ4n) is 1.65. The van der Waals surface area contributed by atoms with Crippen molar-refractivity contribution in [2.75, 3.05) is 0 Å². The van der Waals surface area contributed by atoms with E-state index < -0.39 is 12.1 Å². The predicted molar refractivity (Wildman–Crippen MR) is 74.9 cm³/mol. The third-order valence-corrected chi connectivity index (χ3v) is 2.65. The monoisotopic (exact) mass is 283 g/mol. The number of hydrogen-bond acceptors (Lipinski definition) is 4. The summed E-state index contributed by atoms with van der Waals surface area (Å²) >= 11 is 0. The summed E-state index contributed by atoms with van der Waals surface area (Å²) in [5.41, 5.74) is 1.02. The molecule has 106 valence electrons. The van der Waals surface area contributed by atoms with E-state index >= 15 is 0 Å². The van der Waals surface area contributed by atoms with Gasteiger partial charge in [-0.1, -0.05) is 36.4 Å². The van der Waals surface area contributed by atoms with Gasteiger partial charge < -0.3 is 14.6 Å². The van der Waals surface area contributed by atoms with Crippen molar-refractivity contribution in [1.29, 1.82) is 5.26 Å². The quantitative estimate of drug-likeness (QED) is 0.881. The molecule has 5 heteroatoms. The van der Waals surface area contributed by atoms with Crippen molar-refractivity contribution >= 4 is 5.97 Å². The molecule has 0 saturated heterocycles. The van der Waals surface area contributed by atoms with Crippen molar-refractivity contribution in [2.24, 2.45) is 0 Å². The van der Waals surface area contributed by atoms with E-state index in [9.17, 15) is 4.79 Å². The number of ether oxygens (including phenoxy) is 2. The van der Waals surface area contributed by atoms with Crippen LogP contribution in [0.2, 0.25) is 0 Å². The van der Waals surface area contributed by atoms with Crippen molar-refractivity contribution in [3.05, 3.63) is 60.2 Å². The van der Waals surface area contributed by atoms with Gasteiger partial charge in [0.1, 0.15) is 24.2 Å². The predicted octanol–water partition coefficient (Wildman–Crippen LogP) is 2.62. The molecule has 2 aromatic rings. The van der Waals surface area contributed by atoms with E-state index in [2.05, 4.69) is 0 Å². The SMILES string of the molecule is N#CC(Oc1cccc(OCc2ccccc2)c1)C(=O)O. The second-order valence-electron chi connectivity index (χ2n) is 4.21. The Morgan fingerprint density at radius 3 is 2.52 bits per heavy atom. The lowest BCUT2D eigenvalue weighted by Crippen LogP contribution is -2.24. The van der Waals surface area contributed by atoms with Gasteiger partial charge in [0.05, 0.1) is 0 Å². The molecular formula is C16H13NO4. The molecule has 1 unspecified atom stereocenters. The van der Waals surface area contributed by atoms with Crippen LogP contribution in [0.1, 0.15) is 5.56 Å². The molecule has 1 N–H and O–H groups in total. The van der Waals surface area contributed by atoms with Gasteiger partial charge in [-0.15, -0.1) is 0 Å². The summed E-state index contributed by atoms with van der Waals surface area (Å²) in [6.07, 6.45) is -1.53. The van der Waals surface area contributed by atoms with Crippen molar-refractivity contribution in [1.82, 2.24) is 0 Å². The van der Waals surface area contributed by atoms with Crippen LogP contribution in [0.25, 0.3) is 0 Å². The van der Waals surface area contributed by atoms with Crippen molar-refractivity contribution in [2.45, 2.75) is 12.7 Å². The number of carbonyl (C=O) groups is 1. The molecule has 0 heterocycles. The van der Waals surface area contributed by atoms with Crippen LogP contribution in [0, 0.1) is 11.3 Å². The lowest BCUT2D eigenvalue weighted by atomic mass is 10.2. The fourth-order valence-corrected chi connectivity index (χ4v) is 1.65. The molecule has 1 atom stereocenters. The first kappa shape index (κ1) is 14.4. The van der Waals surface area contributed by atoms with Crippen molar-refractivity contribution in [3.8, 4) is 17.6 Å². The van der Waals surface area contributed by atoms with Gasteiger partial charge in [0.25, 0.3) is 6.10 Å². The topological polar surface area (TPSA) is 79.5 Å². The highest BCUT2D eigenvalue weighted by Crippen LogP contribution is 2.21. The Bertz CT molecular complexity index is 649. The Morgan fingerprint density at radius 1 is 1.14 bits per heavy atom. The molecule has 21 heavy (non-hydrogen) atoms. The van der Waals surface area contributed by atoms with Crippen LogP contribution in [0.4, 0.5) is 0 Å². The normalized spacial score (nSPS) is 11.2. The molecule has 0 radical (unpaired) electrons. The first-order valence-corrected chi connectivity index (χ1v) is 6.25. The molecule has 0 fully saturated rings. The minimum absolute atomic E-state index is 0.273. The van der Waals surface area contributed by atoms with E-state index in [0.717, 1.165) is 5.56 Å². The Morgan fingerprint density at radius 2 is 1.86 bits per heavy atom. The van der Waals surface area contributed by atoms with E-state index in [4.69, 9.17) is 19.8 Å². The number of benzene rings is 2. The van der Waals surface area contributed by atoms with Gasteiger partial charge in [0.15, 0.2) is 0 Å². The van der Waals surface area contributed by atoms with Crippen LogP contribution in [0.5, 0.6) is 11.5 Å². The van der Waals surface area contributed by atoms with Gasteiger partial charge in [0.2, 0.25) is 0 Å². The Hall–Kier alpha value is -3.00. The van der Waals surface area contributed by atoms with E-state index in [1.165, 1.54) is 0 Å². The Labute approximate surface area is 122 Å². The first-order chi connectivity index (χ1) is 10.2. The van der Waals surface area contributed by atoms with Crippen LogP contribution in [-0.4, -0.2) is 17.2 Å². The summed E-state index contributed by atoms with van der Waals surface area (Å²) in [6.45, 7) is 0.394. The summed E-state index contributed by atoms with van der Waals surface area (Å²) in [5.74, 6) is -0.513. The molecule has 0 aliphatic rings. The van der Waals surface area contributed by atoms with Gasteiger partial charge in [0, 0.05) is 6.07 Å². The van der Waals surface area contributed by atoms with E-state index in [1.807, 2.05) is 30.3 Å². The average molecular weight is 283 g/mol. The summed E-state index contributed by atoms with van der Waals surface area (Å²) in [6, 6.07) is 17.7. The molecule has 0 saturated carbocycles. The number of nitrogens with zero attached hydrogens (tertiary/aromatic N) is 1. The van der Waals surface area contributed by atoms with Crippen LogP contribution in [-0.2, 0) is 11.4 Å². The lowest BCUT2D eigenvalue weighted by Gasteiger charge is -2.10. The van der Waals surface area contributed by atoms with E-state index in [-0.39, 0.29) is 5.75 Å². The highest BCUT2D eigenvalue weighted by Gasteiger charge is 2.18. The Kier molecular flexibility index (Phi) is 4.78. The molecule has 5 nitrogen and oxygen atoms in total. The van der Waals surface area contributed by atoms with Gasteiger partial charge in [-0.2, -0.15) is 5.26 Å². The van der Waals surface area contributed by atoms with Crippen LogP contribution in [0.15, 0.2) is 54.6 Å². The van der Waals surface area contributed by atoms with Crippen molar-refractivity contribution in [3.63, 3.8) is 0 Å². The van der Waals surface area contributed by atoms with E-state index in [1.54, 1.807) is 30.3 Å². The maximum absolute atomic E-state index is 10.8. The maximum atomic E-state index is 10.8. The highest BCUT2D eigenvalue weighted by atomic mass is 16.5. The molecule has 0 aliphatic heterocycles. The third kappa shape index (κ3) is 4.25. The molecule has 2 aromatic carbocycles. The fraction of sp³-hybridized carbons (Fsp3) is 0.125. The molecule has 0 amide bonds. The minimum Gasteiger partial charge on any atom is -0.489 e. The first-order valence-electron chi connectivity index (χ1n) is 6.25. The zero-order valence-corrected chi connectivity index (χ0v) is 11.1. The zero-order valence-electron chi connectivity index (χ0n) is 11.1. The second kappa shape index (κ2) is 6.96. The van der Waals surface area contributed by atoms with Gasteiger partial charge in [-0.25, -0.2) is 4.79 Å². The van der Waals surface area contributed by atoms with Gasteiger partial charge >= 0.3 is 5.97 Å². The number of carboxylic acids is 1. The third-order valence-electron chi connectivity index (χ3n) is 2.65. The maximum Gasteiger partial charge on any atom is 0.359 e. The minimum atomic E-state index is -1.53. The second-order valence-corrected chi connectivity index (χ2v) is 4.21. The summed E-state index contributed by atoms with van der Waals surface area (Å²) in [4.78, 5) is 10.8. The van der Waals surface area contributed by atoms with Crippen LogP contribution < -0.4 is 9.47 Å². The van der Waals surface area contributed by atoms with Crippen molar-refractivity contribution < 1.29 is 19.4 Å². The number of nitriles is 1. The molecular weight excluding hydrogens is 270 g/mol. The summed E-state index contributed by atoms with van der Waals surface area (Å²) in [5, 5.41) is 17.5. The van der Waals surface area contributed by atoms with Crippen LogP contribution >= 0.6 is 0 Å². The van der Waals surface area contributed by atoms with Gasteiger partial charge in [-0.05, 0) is 17.7 Å². The standard InChI is InChI=1S/C16H13NO4/c17-10-15(16(18)19)21-14-8-4-7-13(9-14)20-11-12-5-2-1-3-6-12/h1-9,15H,11H2,(H,18,19). The molecule has 0 aliphatic carbocycles. The van der Waals surface area contributed by atoms with Gasteiger partial charge in [-0.3, -0.25) is 0 Å². The lowest BCUT2D eigenvalue weighted by molar-refractivity contribution is -0.142. The zero-order chi connectivity index (χ0) is 15.1. The van der Waals surface area contributed by atoms with Crippen LogP contribution in [0.3, 0.4) is 0 Å². The molecule has 0 spiro atoms. The average Bonchev–Trinajstić information content (AvgIpc) is 2.52. The smallest absolute Gasteiger partial charge is 0.359 e. The number of hydrogen-bond donors (Lipinski definition) is 1. The molecule has 2 rings (SSSR count). The number of rotatable bonds is 6.